The second-order valence-corrected chi connectivity index (χ2v) is 5.34. The monoisotopic (exact) mass is 289 g/mol. The van der Waals surface area contributed by atoms with E-state index in [1.165, 1.54) is 30.0 Å². The molecule has 1 heterocycles. The first kappa shape index (κ1) is 14.9. The lowest BCUT2D eigenvalue weighted by molar-refractivity contribution is -0.114. The van der Waals surface area contributed by atoms with Gasteiger partial charge in [0.05, 0.1) is 6.61 Å². The number of amides is 2. The van der Waals surface area contributed by atoms with Crippen molar-refractivity contribution in [3.8, 4) is 0 Å². The number of nitrogens with one attached hydrogen (secondary N) is 2. The molecule has 0 aliphatic heterocycles. The first-order chi connectivity index (χ1) is 8.58. The summed E-state index contributed by atoms with van der Waals surface area (Å²) in [6.45, 7) is 2.23. The average molecular weight is 289 g/mol. The minimum absolute atomic E-state index is 0.225. The molecule has 0 radical (unpaired) electrons. The lowest BCUT2D eigenvalue weighted by atomic mass is 10.4. The van der Waals surface area contributed by atoms with Crippen LogP contribution in [0.25, 0.3) is 0 Å². The standard InChI is InChI=1S/C10H15N3O3S2/c1-6(14)12-9-7(13-10(17-3)18-9)8(15)11-4-5-16-2/h4-5H2,1-3H3,(H,11,15)(H,12,14). The second-order valence-electron chi connectivity index (χ2n) is 3.29. The third kappa shape index (κ3) is 4.28. The summed E-state index contributed by atoms with van der Waals surface area (Å²) in [6.07, 6.45) is 1.86. The van der Waals surface area contributed by atoms with E-state index in [-0.39, 0.29) is 17.5 Å². The van der Waals surface area contributed by atoms with Gasteiger partial charge in [-0.3, -0.25) is 9.59 Å². The van der Waals surface area contributed by atoms with E-state index < -0.39 is 0 Å². The van der Waals surface area contributed by atoms with Gasteiger partial charge in [0.2, 0.25) is 5.91 Å². The lowest BCUT2D eigenvalue weighted by Crippen LogP contribution is -2.28. The van der Waals surface area contributed by atoms with E-state index in [1.807, 2.05) is 6.26 Å². The lowest BCUT2D eigenvalue weighted by Gasteiger charge is -2.04. The molecule has 0 atom stereocenters. The van der Waals surface area contributed by atoms with Gasteiger partial charge in [0.25, 0.3) is 5.91 Å². The van der Waals surface area contributed by atoms with Gasteiger partial charge in [-0.2, -0.15) is 0 Å². The van der Waals surface area contributed by atoms with Crippen molar-refractivity contribution in [2.45, 2.75) is 11.3 Å². The SMILES string of the molecule is COCCNC(=O)c1nc(SC)sc1NC(C)=O. The smallest absolute Gasteiger partial charge is 0.273 e. The van der Waals surface area contributed by atoms with E-state index in [0.29, 0.717) is 18.2 Å². The van der Waals surface area contributed by atoms with Crippen molar-refractivity contribution in [3.05, 3.63) is 5.69 Å². The Kier molecular flexibility index (Phi) is 6.10. The van der Waals surface area contributed by atoms with E-state index >= 15 is 0 Å². The Bertz CT molecular complexity index is 434. The Morgan fingerprint density at radius 3 is 2.78 bits per heavy atom. The van der Waals surface area contributed by atoms with E-state index in [2.05, 4.69) is 15.6 Å². The Labute approximate surface area is 114 Å². The molecule has 1 rings (SSSR count). The van der Waals surface area contributed by atoms with Crippen molar-refractivity contribution in [2.24, 2.45) is 0 Å². The van der Waals surface area contributed by atoms with Gasteiger partial charge in [0.15, 0.2) is 10.0 Å². The predicted octanol–water partition coefficient (Wildman–Crippen LogP) is 1.20. The number of thiazole rings is 1. The summed E-state index contributed by atoms with van der Waals surface area (Å²) in [5.41, 5.74) is 0.246. The molecule has 1 aromatic heterocycles. The summed E-state index contributed by atoms with van der Waals surface area (Å²) in [7, 11) is 1.56. The van der Waals surface area contributed by atoms with Crippen LogP contribution in [0.1, 0.15) is 17.4 Å². The van der Waals surface area contributed by atoms with Crippen LogP contribution in [0.3, 0.4) is 0 Å². The largest absolute Gasteiger partial charge is 0.383 e. The van der Waals surface area contributed by atoms with Crippen LogP contribution in [0, 0.1) is 0 Å². The highest BCUT2D eigenvalue weighted by atomic mass is 32.2. The zero-order chi connectivity index (χ0) is 13.5. The van der Waals surface area contributed by atoms with Gasteiger partial charge in [0.1, 0.15) is 5.00 Å². The molecule has 0 fully saturated rings. The number of carbonyl (C=O) groups is 2. The summed E-state index contributed by atoms with van der Waals surface area (Å²) in [6, 6.07) is 0. The Morgan fingerprint density at radius 1 is 1.50 bits per heavy atom. The minimum Gasteiger partial charge on any atom is -0.383 e. The van der Waals surface area contributed by atoms with Gasteiger partial charge >= 0.3 is 0 Å². The fourth-order valence-corrected chi connectivity index (χ4v) is 2.64. The van der Waals surface area contributed by atoms with Crippen molar-refractivity contribution < 1.29 is 14.3 Å². The fourth-order valence-electron chi connectivity index (χ4n) is 1.14. The molecule has 18 heavy (non-hydrogen) atoms. The van der Waals surface area contributed by atoms with Crippen molar-refractivity contribution in [3.63, 3.8) is 0 Å². The topological polar surface area (TPSA) is 80.3 Å². The number of hydrogen-bond donors (Lipinski definition) is 2. The molecule has 0 bridgehead atoms. The summed E-state index contributed by atoms with van der Waals surface area (Å²) < 4.78 is 5.57. The van der Waals surface area contributed by atoms with E-state index in [9.17, 15) is 9.59 Å². The van der Waals surface area contributed by atoms with Gasteiger partial charge in [-0.15, -0.1) is 0 Å². The van der Waals surface area contributed by atoms with Gasteiger partial charge < -0.3 is 15.4 Å². The summed E-state index contributed by atoms with van der Waals surface area (Å²) in [5, 5.41) is 5.76. The molecule has 0 aliphatic rings. The van der Waals surface area contributed by atoms with E-state index in [0.717, 1.165) is 4.34 Å². The van der Waals surface area contributed by atoms with Crippen molar-refractivity contribution in [1.82, 2.24) is 10.3 Å². The highest BCUT2D eigenvalue weighted by Crippen LogP contribution is 2.30. The number of methoxy groups -OCH3 is 1. The molecule has 6 nitrogen and oxygen atoms in total. The maximum atomic E-state index is 11.9. The quantitative estimate of drug-likeness (QED) is 0.607. The summed E-state index contributed by atoms with van der Waals surface area (Å²) >= 11 is 2.71. The van der Waals surface area contributed by atoms with Gasteiger partial charge in [-0.25, -0.2) is 4.98 Å². The van der Waals surface area contributed by atoms with Crippen LogP contribution < -0.4 is 10.6 Å². The number of ether oxygens (including phenoxy) is 1. The summed E-state index contributed by atoms with van der Waals surface area (Å²) in [5.74, 6) is -0.537. The number of hydrogen-bond acceptors (Lipinski definition) is 6. The van der Waals surface area contributed by atoms with Crippen molar-refractivity contribution in [2.75, 3.05) is 31.8 Å². The van der Waals surface area contributed by atoms with Crippen LogP contribution in [-0.4, -0.2) is 43.3 Å². The van der Waals surface area contributed by atoms with Crippen LogP contribution in [0.15, 0.2) is 4.34 Å². The Hall–Kier alpha value is -1.12. The Morgan fingerprint density at radius 2 is 2.22 bits per heavy atom. The number of anilines is 1. The maximum absolute atomic E-state index is 11.9. The van der Waals surface area contributed by atoms with Crippen LogP contribution in [0.5, 0.6) is 0 Å². The second kappa shape index (κ2) is 7.34. The molecule has 1 aromatic rings. The first-order valence-corrected chi connectivity index (χ1v) is 7.22. The van der Waals surface area contributed by atoms with Gasteiger partial charge in [-0.1, -0.05) is 23.1 Å². The van der Waals surface area contributed by atoms with Crippen molar-refractivity contribution >= 4 is 39.9 Å². The molecule has 100 valence electrons. The van der Waals surface area contributed by atoms with Crippen LogP contribution in [-0.2, 0) is 9.53 Å². The van der Waals surface area contributed by atoms with Crippen LogP contribution in [0.2, 0.25) is 0 Å². The average Bonchev–Trinajstić information content (AvgIpc) is 2.71. The highest BCUT2D eigenvalue weighted by Gasteiger charge is 2.18. The molecule has 8 heteroatoms. The number of thioether (sulfide) groups is 1. The number of carbonyl (C=O) groups excluding carboxylic acids is 2. The molecule has 0 unspecified atom stereocenters. The molecular weight excluding hydrogens is 274 g/mol. The number of nitrogens with zero attached hydrogens (tertiary/aromatic N) is 1. The Balaban J connectivity index is 2.81. The number of aromatic nitrogens is 1. The summed E-state index contributed by atoms with van der Waals surface area (Å²) in [4.78, 5) is 27.1. The molecule has 0 spiro atoms. The fraction of sp³-hybridized carbons (Fsp3) is 0.500. The molecular formula is C10H15N3O3S2. The minimum atomic E-state index is -0.313. The van der Waals surface area contributed by atoms with Gasteiger partial charge in [0, 0.05) is 20.6 Å². The molecule has 2 amide bonds. The molecule has 2 N–H and O–H groups in total. The van der Waals surface area contributed by atoms with Gasteiger partial charge in [-0.05, 0) is 6.26 Å². The zero-order valence-electron chi connectivity index (χ0n) is 10.4. The van der Waals surface area contributed by atoms with Crippen molar-refractivity contribution in [1.29, 1.82) is 0 Å². The van der Waals surface area contributed by atoms with E-state index in [1.54, 1.807) is 7.11 Å². The zero-order valence-corrected chi connectivity index (χ0v) is 12.0. The predicted molar refractivity (Wildman–Crippen MR) is 72.4 cm³/mol. The first-order valence-electron chi connectivity index (χ1n) is 5.18. The maximum Gasteiger partial charge on any atom is 0.273 e. The highest BCUT2D eigenvalue weighted by molar-refractivity contribution is 8.00. The van der Waals surface area contributed by atoms with Crippen LogP contribution >= 0.6 is 23.1 Å². The van der Waals surface area contributed by atoms with Crippen LogP contribution in [0.4, 0.5) is 5.00 Å². The third-order valence-corrected chi connectivity index (χ3v) is 3.83. The normalized spacial score (nSPS) is 10.2. The third-order valence-electron chi connectivity index (χ3n) is 1.88. The number of rotatable bonds is 6. The molecule has 0 saturated carbocycles. The molecule has 0 saturated heterocycles. The van der Waals surface area contributed by atoms with E-state index in [4.69, 9.17) is 4.74 Å². The molecule has 0 aliphatic carbocycles. The molecule has 0 aromatic carbocycles.